The number of carbonyl (C=O) groups excluding carboxylic acids is 1. The van der Waals surface area contributed by atoms with E-state index < -0.39 is 0 Å². The van der Waals surface area contributed by atoms with Crippen LogP contribution in [0.3, 0.4) is 0 Å². The van der Waals surface area contributed by atoms with Crippen LogP contribution in [0.5, 0.6) is 5.75 Å². The lowest BCUT2D eigenvalue weighted by Crippen LogP contribution is -2.14. The maximum absolute atomic E-state index is 11.4. The largest absolute Gasteiger partial charge is 0.423 e. The lowest BCUT2D eigenvalue weighted by molar-refractivity contribution is -0.130. The van der Waals surface area contributed by atoms with Crippen molar-refractivity contribution in [1.29, 1.82) is 0 Å². The van der Waals surface area contributed by atoms with Gasteiger partial charge < -0.3 is 4.74 Å². The van der Waals surface area contributed by atoms with Crippen molar-refractivity contribution in [1.82, 2.24) is 0 Å². The highest BCUT2D eigenvalue weighted by atomic mass is 16.5. The standard InChI is InChI=1S/C12H14O2/c1-9(2)10(3)12(13)14-11-7-5-4-6-8-11/h4-9H,3H2,1-2H3. The SMILES string of the molecule is C=C(C(=O)Oc1ccccc1)C(C)C. The highest BCUT2D eigenvalue weighted by molar-refractivity contribution is 5.89. The van der Waals surface area contributed by atoms with Gasteiger partial charge in [-0.2, -0.15) is 0 Å². The predicted molar refractivity (Wildman–Crippen MR) is 56.1 cm³/mol. The number of esters is 1. The number of para-hydroxylation sites is 1. The molecule has 0 aliphatic heterocycles. The minimum absolute atomic E-state index is 0.117. The highest BCUT2D eigenvalue weighted by Crippen LogP contribution is 2.13. The number of hydrogen-bond donors (Lipinski definition) is 0. The molecule has 14 heavy (non-hydrogen) atoms. The third-order valence-electron chi connectivity index (χ3n) is 1.91. The summed E-state index contributed by atoms with van der Waals surface area (Å²) >= 11 is 0. The molecule has 0 saturated carbocycles. The summed E-state index contributed by atoms with van der Waals surface area (Å²) in [6.45, 7) is 7.50. The molecule has 74 valence electrons. The van der Waals surface area contributed by atoms with Crippen LogP contribution in [0.4, 0.5) is 0 Å². The molecule has 0 aromatic heterocycles. The predicted octanol–water partition coefficient (Wildman–Crippen LogP) is 2.80. The molecule has 0 N–H and O–H groups in total. The molecular weight excluding hydrogens is 176 g/mol. The van der Waals surface area contributed by atoms with Crippen LogP contribution in [-0.2, 0) is 4.79 Å². The molecule has 0 atom stereocenters. The van der Waals surface area contributed by atoms with Gasteiger partial charge in [-0.3, -0.25) is 0 Å². The van der Waals surface area contributed by atoms with Crippen molar-refractivity contribution >= 4 is 5.97 Å². The first kappa shape index (κ1) is 10.5. The Labute approximate surface area is 84.2 Å². The maximum atomic E-state index is 11.4. The van der Waals surface area contributed by atoms with E-state index in [2.05, 4.69) is 6.58 Å². The molecule has 0 radical (unpaired) electrons. The third kappa shape index (κ3) is 2.73. The monoisotopic (exact) mass is 190 g/mol. The van der Waals surface area contributed by atoms with E-state index in [1.807, 2.05) is 32.0 Å². The van der Waals surface area contributed by atoms with Gasteiger partial charge in [-0.1, -0.05) is 38.6 Å². The van der Waals surface area contributed by atoms with Gasteiger partial charge in [0.2, 0.25) is 0 Å². The van der Waals surface area contributed by atoms with Crippen LogP contribution in [0.1, 0.15) is 13.8 Å². The summed E-state index contributed by atoms with van der Waals surface area (Å²) in [6, 6.07) is 8.99. The number of ether oxygens (including phenoxy) is 1. The van der Waals surface area contributed by atoms with Crippen molar-refractivity contribution in [3.63, 3.8) is 0 Å². The fourth-order valence-electron chi connectivity index (χ4n) is 0.897. The quantitative estimate of drug-likeness (QED) is 0.416. The zero-order chi connectivity index (χ0) is 10.6. The molecule has 0 aliphatic rings. The normalized spacial score (nSPS) is 9.93. The number of hydrogen-bond acceptors (Lipinski definition) is 2. The zero-order valence-corrected chi connectivity index (χ0v) is 8.49. The van der Waals surface area contributed by atoms with Crippen LogP contribution in [0.15, 0.2) is 42.5 Å². The minimum atomic E-state index is -0.355. The van der Waals surface area contributed by atoms with E-state index in [0.717, 1.165) is 0 Å². The van der Waals surface area contributed by atoms with Gasteiger partial charge in [0.15, 0.2) is 0 Å². The molecule has 0 saturated heterocycles. The van der Waals surface area contributed by atoms with Crippen LogP contribution >= 0.6 is 0 Å². The molecule has 2 nitrogen and oxygen atoms in total. The van der Waals surface area contributed by atoms with E-state index in [-0.39, 0.29) is 11.9 Å². The Bertz CT molecular complexity index is 325. The average molecular weight is 190 g/mol. The first-order valence-corrected chi connectivity index (χ1v) is 4.57. The summed E-state index contributed by atoms with van der Waals surface area (Å²) in [4.78, 5) is 11.4. The molecule has 0 aliphatic carbocycles. The molecule has 0 bridgehead atoms. The summed E-state index contributed by atoms with van der Waals surface area (Å²) in [5, 5.41) is 0. The lowest BCUT2D eigenvalue weighted by Gasteiger charge is -2.08. The summed E-state index contributed by atoms with van der Waals surface area (Å²) in [5.74, 6) is 0.316. The highest BCUT2D eigenvalue weighted by Gasteiger charge is 2.12. The Balaban J connectivity index is 2.63. The second kappa shape index (κ2) is 4.61. The Hall–Kier alpha value is -1.57. The Morgan fingerprint density at radius 1 is 1.29 bits per heavy atom. The zero-order valence-electron chi connectivity index (χ0n) is 8.49. The Morgan fingerprint density at radius 3 is 2.36 bits per heavy atom. The summed E-state index contributed by atoms with van der Waals surface area (Å²) in [6.07, 6.45) is 0. The molecule has 1 aromatic carbocycles. The summed E-state index contributed by atoms with van der Waals surface area (Å²) < 4.78 is 5.10. The molecule has 0 heterocycles. The van der Waals surface area contributed by atoms with E-state index in [1.54, 1.807) is 12.1 Å². The molecule has 0 fully saturated rings. The Kier molecular flexibility index (Phi) is 3.46. The first-order chi connectivity index (χ1) is 6.61. The number of rotatable bonds is 3. The van der Waals surface area contributed by atoms with Crippen molar-refractivity contribution in [2.45, 2.75) is 13.8 Å². The second-order valence-electron chi connectivity index (χ2n) is 3.38. The Morgan fingerprint density at radius 2 is 1.86 bits per heavy atom. The molecule has 2 heteroatoms. The van der Waals surface area contributed by atoms with E-state index in [4.69, 9.17) is 4.74 Å². The smallest absolute Gasteiger partial charge is 0.339 e. The van der Waals surface area contributed by atoms with Crippen LogP contribution in [0, 0.1) is 5.92 Å². The van der Waals surface area contributed by atoms with Gasteiger partial charge in [0.05, 0.1) is 0 Å². The van der Waals surface area contributed by atoms with Crippen molar-refractivity contribution in [3.05, 3.63) is 42.5 Å². The average Bonchev–Trinajstić information content (AvgIpc) is 2.18. The van der Waals surface area contributed by atoms with Gasteiger partial charge in [0.25, 0.3) is 0 Å². The van der Waals surface area contributed by atoms with Gasteiger partial charge in [-0.05, 0) is 18.1 Å². The first-order valence-electron chi connectivity index (χ1n) is 4.57. The van der Waals surface area contributed by atoms with Crippen LogP contribution < -0.4 is 4.74 Å². The van der Waals surface area contributed by atoms with Gasteiger partial charge in [-0.15, -0.1) is 0 Å². The molecule has 0 amide bonds. The van der Waals surface area contributed by atoms with Crippen molar-refractivity contribution in [3.8, 4) is 5.75 Å². The molecule has 0 unspecified atom stereocenters. The molecule has 0 spiro atoms. The fourth-order valence-corrected chi connectivity index (χ4v) is 0.897. The van der Waals surface area contributed by atoms with Gasteiger partial charge >= 0.3 is 5.97 Å². The van der Waals surface area contributed by atoms with Crippen LogP contribution in [-0.4, -0.2) is 5.97 Å². The van der Waals surface area contributed by atoms with Gasteiger partial charge in [0.1, 0.15) is 5.75 Å². The molecular formula is C12H14O2. The van der Waals surface area contributed by atoms with E-state index in [0.29, 0.717) is 11.3 Å². The number of benzene rings is 1. The van der Waals surface area contributed by atoms with Gasteiger partial charge in [0, 0.05) is 5.57 Å². The number of carbonyl (C=O) groups is 1. The van der Waals surface area contributed by atoms with Crippen LogP contribution in [0.2, 0.25) is 0 Å². The maximum Gasteiger partial charge on any atom is 0.339 e. The van der Waals surface area contributed by atoms with Crippen LogP contribution in [0.25, 0.3) is 0 Å². The fraction of sp³-hybridized carbons (Fsp3) is 0.250. The van der Waals surface area contributed by atoms with Crippen molar-refractivity contribution in [2.75, 3.05) is 0 Å². The molecule has 1 aromatic rings. The van der Waals surface area contributed by atoms with Gasteiger partial charge in [-0.25, -0.2) is 4.79 Å². The minimum Gasteiger partial charge on any atom is -0.423 e. The molecule has 1 rings (SSSR count). The van der Waals surface area contributed by atoms with E-state index >= 15 is 0 Å². The lowest BCUT2D eigenvalue weighted by atomic mass is 10.1. The second-order valence-corrected chi connectivity index (χ2v) is 3.38. The topological polar surface area (TPSA) is 26.3 Å². The van der Waals surface area contributed by atoms with Crippen molar-refractivity contribution in [2.24, 2.45) is 5.92 Å². The third-order valence-corrected chi connectivity index (χ3v) is 1.91. The summed E-state index contributed by atoms with van der Waals surface area (Å²) in [5.41, 5.74) is 0.494. The van der Waals surface area contributed by atoms with Crippen molar-refractivity contribution < 1.29 is 9.53 Å². The summed E-state index contributed by atoms with van der Waals surface area (Å²) in [7, 11) is 0. The van der Waals surface area contributed by atoms with E-state index in [1.165, 1.54) is 0 Å². The van der Waals surface area contributed by atoms with E-state index in [9.17, 15) is 4.79 Å².